The average molecular weight is 557 g/mol. The van der Waals surface area contributed by atoms with E-state index in [0.29, 0.717) is 37.8 Å². The number of aliphatic hydroxyl groups is 1. The van der Waals surface area contributed by atoms with Crippen molar-refractivity contribution in [3.63, 3.8) is 0 Å². The Morgan fingerprint density at radius 2 is 1.94 bits per heavy atom. The van der Waals surface area contributed by atoms with Gasteiger partial charge < -0.3 is 29.6 Å². The summed E-state index contributed by atoms with van der Waals surface area (Å²) < 4.78 is 51.1. The number of alkyl halides is 3. The first-order valence-electron chi connectivity index (χ1n) is 9.53. The largest absolute Gasteiger partial charge is 0.573 e. The molecule has 0 radical (unpaired) electrons. The maximum atomic E-state index is 12.2. The highest BCUT2D eigenvalue weighted by atomic mass is 127. The molecule has 1 aromatic heterocycles. The summed E-state index contributed by atoms with van der Waals surface area (Å²) in [6.45, 7) is 4.18. The average Bonchev–Trinajstić information content (AvgIpc) is 3.21. The van der Waals surface area contributed by atoms with Crippen LogP contribution in [0.25, 0.3) is 0 Å². The van der Waals surface area contributed by atoms with Crippen LogP contribution in [0.3, 0.4) is 0 Å². The summed E-state index contributed by atoms with van der Waals surface area (Å²) >= 11 is 0. The second-order valence-corrected chi connectivity index (χ2v) is 6.26. The second kappa shape index (κ2) is 14.1. The van der Waals surface area contributed by atoms with Gasteiger partial charge in [0, 0.05) is 19.7 Å². The van der Waals surface area contributed by atoms with Crippen molar-refractivity contribution in [2.24, 2.45) is 4.99 Å². The molecule has 174 valence electrons. The highest BCUT2D eigenvalue weighted by molar-refractivity contribution is 14.0. The zero-order chi connectivity index (χ0) is 21.8. The van der Waals surface area contributed by atoms with Crippen molar-refractivity contribution in [1.82, 2.24) is 10.6 Å². The number of furan rings is 1. The lowest BCUT2D eigenvalue weighted by Crippen LogP contribution is -2.38. The molecule has 0 bridgehead atoms. The molecule has 2 rings (SSSR count). The van der Waals surface area contributed by atoms with E-state index in [1.807, 2.05) is 13.0 Å². The molecule has 0 aliphatic rings. The maximum Gasteiger partial charge on any atom is 0.573 e. The van der Waals surface area contributed by atoms with E-state index in [1.54, 1.807) is 12.3 Å². The Morgan fingerprint density at radius 1 is 1.19 bits per heavy atom. The van der Waals surface area contributed by atoms with E-state index in [9.17, 15) is 18.3 Å². The zero-order valence-corrected chi connectivity index (χ0v) is 19.4. The second-order valence-electron chi connectivity index (χ2n) is 6.26. The Kier molecular flexibility index (Phi) is 12.3. The van der Waals surface area contributed by atoms with Gasteiger partial charge in [-0.25, -0.2) is 0 Å². The van der Waals surface area contributed by atoms with Crippen molar-refractivity contribution in [2.45, 2.75) is 32.4 Å². The van der Waals surface area contributed by atoms with Crippen molar-refractivity contribution in [3.05, 3.63) is 54.0 Å². The van der Waals surface area contributed by atoms with Crippen LogP contribution in [0.4, 0.5) is 13.2 Å². The van der Waals surface area contributed by atoms with Crippen LogP contribution in [-0.2, 0) is 11.3 Å². The highest BCUT2D eigenvalue weighted by Gasteiger charge is 2.31. The zero-order valence-electron chi connectivity index (χ0n) is 17.0. The Labute approximate surface area is 196 Å². The van der Waals surface area contributed by atoms with E-state index >= 15 is 0 Å². The lowest BCUT2D eigenvalue weighted by atomic mass is 10.1. The number of aliphatic hydroxyl groups excluding tert-OH is 1. The van der Waals surface area contributed by atoms with Crippen LogP contribution in [0.5, 0.6) is 5.75 Å². The fraction of sp³-hybridized carbons (Fsp3) is 0.450. The number of benzene rings is 1. The molecule has 1 atom stereocenters. The van der Waals surface area contributed by atoms with Crippen molar-refractivity contribution in [3.8, 4) is 5.75 Å². The first-order valence-corrected chi connectivity index (χ1v) is 9.53. The number of guanidine groups is 1. The molecule has 3 N–H and O–H groups in total. The Hall–Kier alpha value is -1.99. The third-order valence-electron chi connectivity index (χ3n) is 3.85. The van der Waals surface area contributed by atoms with Gasteiger partial charge in [0.15, 0.2) is 5.96 Å². The number of ether oxygens (including phenoxy) is 2. The molecule has 0 saturated heterocycles. The van der Waals surface area contributed by atoms with Gasteiger partial charge in [0.05, 0.1) is 18.9 Å². The maximum absolute atomic E-state index is 12.2. The fourth-order valence-electron chi connectivity index (χ4n) is 2.47. The Morgan fingerprint density at radius 3 is 2.55 bits per heavy atom. The van der Waals surface area contributed by atoms with Crippen molar-refractivity contribution in [2.75, 3.05) is 26.2 Å². The van der Waals surface area contributed by atoms with Crippen LogP contribution in [0, 0.1) is 0 Å². The number of hydrogen-bond donors (Lipinski definition) is 3. The Bertz CT molecular complexity index is 756. The minimum Gasteiger partial charge on any atom is -0.467 e. The lowest BCUT2D eigenvalue weighted by molar-refractivity contribution is -0.274. The molecule has 7 nitrogen and oxygen atoms in total. The molecule has 1 unspecified atom stereocenters. The van der Waals surface area contributed by atoms with E-state index < -0.39 is 12.5 Å². The summed E-state index contributed by atoms with van der Waals surface area (Å²) in [5, 5.41) is 16.4. The molecule has 0 amide bonds. The quantitative estimate of drug-likeness (QED) is 0.168. The molecule has 0 aliphatic heterocycles. The van der Waals surface area contributed by atoms with Crippen LogP contribution >= 0.6 is 24.0 Å². The summed E-state index contributed by atoms with van der Waals surface area (Å²) in [7, 11) is 0. The molecular weight excluding hydrogens is 530 g/mol. The topological polar surface area (TPSA) is 88.3 Å². The number of nitrogens with zero attached hydrogens (tertiary/aromatic N) is 1. The van der Waals surface area contributed by atoms with E-state index in [4.69, 9.17) is 9.15 Å². The van der Waals surface area contributed by atoms with Gasteiger partial charge in [0.2, 0.25) is 0 Å². The summed E-state index contributed by atoms with van der Waals surface area (Å²) in [5.74, 6) is 0.954. The predicted molar refractivity (Wildman–Crippen MR) is 120 cm³/mol. The molecule has 31 heavy (non-hydrogen) atoms. The number of halogens is 4. The summed E-state index contributed by atoms with van der Waals surface area (Å²) in [5.41, 5.74) is 0.440. The molecule has 11 heteroatoms. The van der Waals surface area contributed by atoms with Gasteiger partial charge in [-0.05, 0) is 43.2 Å². The predicted octanol–water partition coefficient (Wildman–Crippen LogP) is 3.99. The summed E-state index contributed by atoms with van der Waals surface area (Å²) in [4.78, 5) is 4.31. The SMILES string of the molecule is CCNC(=NCC(O)c1ccc(OC(F)(F)F)cc1)NCCCOCc1ccco1.I. The molecule has 2 aromatic rings. The first kappa shape index (κ1) is 27.0. The van der Waals surface area contributed by atoms with E-state index in [1.165, 1.54) is 12.1 Å². The normalized spacial score (nSPS) is 12.7. The number of hydrogen-bond acceptors (Lipinski definition) is 5. The first-order chi connectivity index (χ1) is 14.4. The van der Waals surface area contributed by atoms with Crippen LogP contribution in [-0.4, -0.2) is 43.7 Å². The standard InChI is InChI=1S/C20H26F3N3O4.HI/c1-2-24-19(25-10-4-11-28-14-17-5-3-12-29-17)26-13-18(27)15-6-8-16(9-7-15)30-20(21,22)23;/h3,5-9,12,18,27H,2,4,10-11,13-14H2,1H3,(H2,24,25,26);1H. The number of aliphatic imine (C=N–C) groups is 1. The van der Waals surface area contributed by atoms with E-state index in [0.717, 1.165) is 24.3 Å². The molecule has 1 heterocycles. The van der Waals surface area contributed by atoms with Crippen molar-refractivity contribution in [1.29, 1.82) is 0 Å². The Balaban J connectivity index is 0.00000480. The van der Waals surface area contributed by atoms with Crippen LogP contribution < -0.4 is 15.4 Å². The highest BCUT2D eigenvalue weighted by Crippen LogP contribution is 2.24. The van der Waals surface area contributed by atoms with Gasteiger partial charge in [0.25, 0.3) is 0 Å². The van der Waals surface area contributed by atoms with E-state index in [2.05, 4.69) is 20.4 Å². The summed E-state index contributed by atoms with van der Waals surface area (Å²) in [6, 6.07) is 8.70. The third-order valence-corrected chi connectivity index (χ3v) is 3.85. The van der Waals surface area contributed by atoms with Gasteiger partial charge in [-0.1, -0.05) is 12.1 Å². The minimum absolute atomic E-state index is 0. The minimum atomic E-state index is -4.75. The molecule has 1 aromatic carbocycles. The molecular formula is C20H27F3IN3O4. The number of rotatable bonds is 11. The van der Waals surface area contributed by atoms with Crippen LogP contribution in [0.15, 0.2) is 52.1 Å². The monoisotopic (exact) mass is 557 g/mol. The lowest BCUT2D eigenvalue weighted by Gasteiger charge is -2.14. The smallest absolute Gasteiger partial charge is 0.467 e. The van der Waals surface area contributed by atoms with Gasteiger partial charge in [-0.15, -0.1) is 37.1 Å². The van der Waals surface area contributed by atoms with E-state index in [-0.39, 0.29) is 36.3 Å². The third kappa shape index (κ3) is 11.3. The molecule has 0 spiro atoms. The molecule has 0 aliphatic carbocycles. The van der Waals surface area contributed by atoms with Crippen LogP contribution in [0.2, 0.25) is 0 Å². The van der Waals surface area contributed by atoms with Crippen molar-refractivity contribution < 1.29 is 32.2 Å². The molecule has 0 saturated carbocycles. The summed E-state index contributed by atoms with van der Waals surface area (Å²) in [6.07, 6.45) is -3.37. The number of nitrogens with one attached hydrogen (secondary N) is 2. The van der Waals surface area contributed by atoms with Crippen LogP contribution in [0.1, 0.15) is 30.8 Å². The van der Waals surface area contributed by atoms with Crippen molar-refractivity contribution >= 4 is 29.9 Å². The fourth-order valence-corrected chi connectivity index (χ4v) is 2.47. The molecule has 0 fully saturated rings. The van der Waals surface area contributed by atoms with Gasteiger partial charge in [-0.3, -0.25) is 4.99 Å². The van der Waals surface area contributed by atoms with Gasteiger partial charge in [0.1, 0.15) is 18.1 Å². The van der Waals surface area contributed by atoms with Gasteiger partial charge in [-0.2, -0.15) is 0 Å². The van der Waals surface area contributed by atoms with Gasteiger partial charge >= 0.3 is 6.36 Å².